The van der Waals surface area contributed by atoms with Crippen LogP contribution >= 0.6 is 0 Å². The van der Waals surface area contributed by atoms with Gasteiger partial charge in [0.1, 0.15) is 0 Å². The van der Waals surface area contributed by atoms with Crippen LogP contribution < -0.4 is 4.90 Å². The van der Waals surface area contributed by atoms with E-state index in [4.69, 9.17) is 0 Å². The number of aromatic nitrogens is 2. The quantitative estimate of drug-likeness (QED) is 0.744. The normalized spacial score (nSPS) is 15.0. The third-order valence-electron chi connectivity index (χ3n) is 3.46. The van der Waals surface area contributed by atoms with Gasteiger partial charge in [0.15, 0.2) is 5.82 Å². The zero-order chi connectivity index (χ0) is 13.0. The number of carbonyl (C=O) groups is 1. The summed E-state index contributed by atoms with van der Waals surface area (Å²) in [7, 11) is 3.30. The molecule has 0 bridgehead atoms. The van der Waals surface area contributed by atoms with E-state index < -0.39 is 0 Å². The molecule has 1 aliphatic carbocycles. The van der Waals surface area contributed by atoms with Gasteiger partial charge in [0.05, 0.1) is 19.2 Å². The summed E-state index contributed by atoms with van der Waals surface area (Å²) < 4.78 is 4.61. The van der Waals surface area contributed by atoms with Gasteiger partial charge < -0.3 is 9.64 Å². The largest absolute Gasteiger partial charge is 0.469 e. The Balaban J connectivity index is 1.89. The van der Waals surface area contributed by atoms with Crippen LogP contribution in [0, 0.1) is 0 Å². The third-order valence-corrected chi connectivity index (χ3v) is 3.46. The van der Waals surface area contributed by atoms with Gasteiger partial charge >= 0.3 is 5.97 Å². The average molecular weight is 249 g/mol. The van der Waals surface area contributed by atoms with Crippen LogP contribution in [0.15, 0.2) is 12.1 Å². The maximum absolute atomic E-state index is 11.1. The highest BCUT2D eigenvalue weighted by molar-refractivity contribution is 5.69. The lowest BCUT2D eigenvalue weighted by molar-refractivity contribution is -0.140. The standard InChI is InChI=1S/C13H19N3O2/c1-16(9-8-13(17)18-2)12-7-6-11(14-15-12)10-4-3-5-10/h6-7,10H,3-5,8-9H2,1-2H3. The molecule has 0 N–H and O–H groups in total. The van der Waals surface area contributed by atoms with E-state index in [0.717, 1.165) is 11.5 Å². The molecule has 0 spiro atoms. The fourth-order valence-corrected chi connectivity index (χ4v) is 1.94. The Labute approximate surface area is 107 Å². The summed E-state index contributed by atoms with van der Waals surface area (Å²) in [6.07, 6.45) is 4.12. The molecule has 98 valence electrons. The summed E-state index contributed by atoms with van der Waals surface area (Å²) in [5.74, 6) is 1.19. The van der Waals surface area contributed by atoms with E-state index in [2.05, 4.69) is 14.9 Å². The van der Waals surface area contributed by atoms with Crippen molar-refractivity contribution in [1.29, 1.82) is 0 Å². The number of esters is 1. The second-order valence-electron chi connectivity index (χ2n) is 4.69. The maximum Gasteiger partial charge on any atom is 0.307 e. The molecule has 1 fully saturated rings. The Kier molecular flexibility index (Phi) is 4.12. The topological polar surface area (TPSA) is 55.3 Å². The van der Waals surface area contributed by atoms with Crippen molar-refractivity contribution in [2.45, 2.75) is 31.6 Å². The van der Waals surface area contributed by atoms with E-state index in [1.54, 1.807) is 0 Å². The molecule has 1 saturated carbocycles. The first kappa shape index (κ1) is 12.8. The van der Waals surface area contributed by atoms with Gasteiger partial charge in [-0.3, -0.25) is 4.79 Å². The molecule has 0 aliphatic heterocycles. The van der Waals surface area contributed by atoms with Gasteiger partial charge in [-0.1, -0.05) is 6.42 Å². The fourth-order valence-electron chi connectivity index (χ4n) is 1.94. The van der Waals surface area contributed by atoms with Gasteiger partial charge in [0.2, 0.25) is 0 Å². The van der Waals surface area contributed by atoms with E-state index in [1.807, 2.05) is 24.1 Å². The summed E-state index contributed by atoms with van der Waals surface area (Å²) in [4.78, 5) is 13.0. The molecule has 0 radical (unpaired) electrons. The minimum absolute atomic E-state index is 0.208. The Morgan fingerprint density at radius 2 is 2.22 bits per heavy atom. The van der Waals surface area contributed by atoms with Crippen LogP contribution in [0.1, 0.15) is 37.3 Å². The highest BCUT2D eigenvalue weighted by Gasteiger charge is 2.21. The van der Waals surface area contributed by atoms with Gasteiger partial charge in [-0.15, -0.1) is 5.10 Å². The summed E-state index contributed by atoms with van der Waals surface area (Å²) in [5, 5.41) is 8.47. The van der Waals surface area contributed by atoms with Gasteiger partial charge in [-0.05, 0) is 25.0 Å². The molecule has 0 unspecified atom stereocenters. The first-order chi connectivity index (χ1) is 8.70. The van der Waals surface area contributed by atoms with Gasteiger partial charge in [-0.2, -0.15) is 5.10 Å². The minimum atomic E-state index is -0.208. The molecular formula is C13H19N3O2. The van der Waals surface area contributed by atoms with E-state index in [1.165, 1.54) is 26.4 Å². The van der Waals surface area contributed by atoms with Crippen LogP contribution in [0.25, 0.3) is 0 Å². The molecule has 5 nitrogen and oxygen atoms in total. The van der Waals surface area contributed by atoms with Crippen molar-refractivity contribution in [2.24, 2.45) is 0 Å². The molecule has 0 atom stereocenters. The molecule has 1 aliphatic rings. The molecule has 1 aromatic heterocycles. The number of carbonyl (C=O) groups excluding carboxylic acids is 1. The lowest BCUT2D eigenvalue weighted by Gasteiger charge is -2.24. The minimum Gasteiger partial charge on any atom is -0.469 e. The van der Waals surface area contributed by atoms with E-state index in [9.17, 15) is 4.79 Å². The van der Waals surface area contributed by atoms with Crippen molar-refractivity contribution in [3.8, 4) is 0 Å². The van der Waals surface area contributed by atoms with Gasteiger partial charge in [0.25, 0.3) is 0 Å². The van der Waals surface area contributed by atoms with Crippen LogP contribution in [0.5, 0.6) is 0 Å². The highest BCUT2D eigenvalue weighted by atomic mass is 16.5. The Morgan fingerprint density at radius 1 is 1.44 bits per heavy atom. The zero-order valence-corrected chi connectivity index (χ0v) is 10.9. The zero-order valence-electron chi connectivity index (χ0n) is 10.9. The molecule has 1 heterocycles. The number of hydrogen-bond donors (Lipinski definition) is 0. The van der Waals surface area contributed by atoms with E-state index in [-0.39, 0.29) is 5.97 Å². The number of rotatable bonds is 5. The first-order valence-electron chi connectivity index (χ1n) is 6.32. The van der Waals surface area contributed by atoms with E-state index >= 15 is 0 Å². The SMILES string of the molecule is COC(=O)CCN(C)c1ccc(C2CCC2)nn1. The van der Waals surface area contributed by atoms with Crippen molar-refractivity contribution in [3.63, 3.8) is 0 Å². The Bertz CT molecular complexity index is 401. The number of nitrogens with zero attached hydrogens (tertiary/aromatic N) is 3. The van der Waals surface area contributed by atoms with Crippen molar-refractivity contribution in [2.75, 3.05) is 25.6 Å². The second kappa shape index (κ2) is 5.80. The van der Waals surface area contributed by atoms with Gasteiger partial charge in [-0.25, -0.2) is 0 Å². The molecule has 5 heteroatoms. The lowest BCUT2D eigenvalue weighted by atomic mass is 9.83. The molecule has 0 aromatic carbocycles. The maximum atomic E-state index is 11.1. The van der Waals surface area contributed by atoms with Crippen molar-refractivity contribution < 1.29 is 9.53 Å². The monoisotopic (exact) mass is 249 g/mol. The van der Waals surface area contributed by atoms with Gasteiger partial charge in [0, 0.05) is 19.5 Å². The summed E-state index contributed by atoms with van der Waals surface area (Å²) in [5.41, 5.74) is 1.09. The summed E-state index contributed by atoms with van der Waals surface area (Å²) >= 11 is 0. The predicted octanol–water partition coefficient (Wildman–Crippen LogP) is 1.74. The number of hydrogen-bond acceptors (Lipinski definition) is 5. The molecule has 0 saturated heterocycles. The van der Waals surface area contributed by atoms with Crippen LogP contribution in [-0.4, -0.2) is 36.9 Å². The Hall–Kier alpha value is -1.65. The number of ether oxygens (including phenoxy) is 1. The second-order valence-corrected chi connectivity index (χ2v) is 4.69. The van der Waals surface area contributed by atoms with Crippen molar-refractivity contribution in [1.82, 2.24) is 10.2 Å². The van der Waals surface area contributed by atoms with E-state index in [0.29, 0.717) is 18.9 Å². The smallest absolute Gasteiger partial charge is 0.307 e. The molecular weight excluding hydrogens is 230 g/mol. The lowest BCUT2D eigenvalue weighted by Crippen LogP contribution is -2.23. The first-order valence-corrected chi connectivity index (χ1v) is 6.32. The van der Waals surface area contributed by atoms with Crippen LogP contribution in [-0.2, 0) is 9.53 Å². The summed E-state index contributed by atoms with van der Waals surface area (Å²) in [6, 6.07) is 4.01. The third kappa shape index (κ3) is 2.97. The van der Waals surface area contributed by atoms with Crippen LogP contribution in [0.2, 0.25) is 0 Å². The van der Waals surface area contributed by atoms with Crippen LogP contribution in [0.3, 0.4) is 0 Å². The predicted molar refractivity (Wildman–Crippen MR) is 68.5 cm³/mol. The van der Waals surface area contributed by atoms with Crippen LogP contribution in [0.4, 0.5) is 5.82 Å². The average Bonchev–Trinajstić information content (AvgIpc) is 2.34. The Morgan fingerprint density at radius 3 is 2.72 bits per heavy atom. The number of anilines is 1. The van der Waals surface area contributed by atoms with Crippen molar-refractivity contribution >= 4 is 11.8 Å². The fraction of sp³-hybridized carbons (Fsp3) is 0.615. The van der Waals surface area contributed by atoms with Crippen molar-refractivity contribution in [3.05, 3.63) is 17.8 Å². The molecule has 1 aromatic rings. The highest BCUT2D eigenvalue weighted by Crippen LogP contribution is 2.34. The molecule has 2 rings (SSSR count). The summed E-state index contributed by atoms with van der Waals surface area (Å²) in [6.45, 7) is 0.587. The molecule has 0 amide bonds. The number of methoxy groups -OCH3 is 1. The molecule has 18 heavy (non-hydrogen) atoms.